The van der Waals surface area contributed by atoms with Crippen molar-refractivity contribution in [1.82, 2.24) is 4.98 Å². The molecule has 1 aromatic carbocycles. The van der Waals surface area contributed by atoms with Crippen LogP contribution in [0.1, 0.15) is 11.1 Å². The van der Waals surface area contributed by atoms with Gasteiger partial charge in [-0.1, -0.05) is 39.7 Å². The third-order valence-electron chi connectivity index (χ3n) is 2.27. The van der Waals surface area contributed by atoms with Crippen LogP contribution in [0.3, 0.4) is 0 Å². The maximum atomic E-state index is 8.84. The summed E-state index contributed by atoms with van der Waals surface area (Å²) < 4.78 is 6.50. The molecule has 0 aliphatic rings. The summed E-state index contributed by atoms with van der Waals surface area (Å²) >= 11 is 9.34. The van der Waals surface area contributed by atoms with Gasteiger partial charge in [0.15, 0.2) is 0 Å². The summed E-state index contributed by atoms with van der Waals surface area (Å²) in [6.45, 7) is 0.356. The summed E-state index contributed by atoms with van der Waals surface area (Å²) in [6, 6.07) is 11.3. The van der Waals surface area contributed by atoms with Gasteiger partial charge in [0.1, 0.15) is 17.7 Å². The number of nitrogens with zero attached hydrogens (tertiary/aromatic N) is 2. The molecule has 2 rings (SSSR count). The van der Waals surface area contributed by atoms with Crippen molar-refractivity contribution in [2.75, 3.05) is 0 Å². The van der Waals surface area contributed by atoms with E-state index in [4.69, 9.17) is 21.6 Å². The average molecular weight is 324 g/mol. The van der Waals surface area contributed by atoms with Crippen molar-refractivity contribution in [2.24, 2.45) is 0 Å². The van der Waals surface area contributed by atoms with Crippen LogP contribution in [0.15, 0.2) is 41.0 Å². The monoisotopic (exact) mass is 322 g/mol. The van der Waals surface area contributed by atoms with Crippen LogP contribution in [0.25, 0.3) is 0 Å². The van der Waals surface area contributed by atoms with Gasteiger partial charge >= 0.3 is 0 Å². The molecule has 0 aliphatic heterocycles. The standard InChI is InChI=1S/C13H8BrClN2O/c14-11-3-1-9(2-4-11)8-18-13-12(15)10(7-16)5-6-17-13/h1-6H,8H2. The van der Waals surface area contributed by atoms with E-state index in [1.54, 1.807) is 6.07 Å². The minimum absolute atomic E-state index is 0.247. The van der Waals surface area contributed by atoms with E-state index in [9.17, 15) is 0 Å². The lowest BCUT2D eigenvalue weighted by atomic mass is 10.2. The Hall–Kier alpha value is -1.57. The molecular formula is C13H8BrClN2O. The van der Waals surface area contributed by atoms with E-state index in [2.05, 4.69) is 20.9 Å². The van der Waals surface area contributed by atoms with Gasteiger partial charge in [-0.2, -0.15) is 5.26 Å². The van der Waals surface area contributed by atoms with Crippen LogP contribution in [0.4, 0.5) is 0 Å². The smallest absolute Gasteiger partial charge is 0.234 e. The molecule has 5 heteroatoms. The largest absolute Gasteiger partial charge is 0.472 e. The van der Waals surface area contributed by atoms with Crippen molar-refractivity contribution in [3.05, 3.63) is 57.2 Å². The Balaban J connectivity index is 2.11. The summed E-state index contributed by atoms with van der Waals surface area (Å²) in [5.41, 5.74) is 1.36. The lowest BCUT2D eigenvalue weighted by molar-refractivity contribution is 0.294. The Morgan fingerprint density at radius 1 is 1.28 bits per heavy atom. The predicted octanol–water partition coefficient (Wildman–Crippen LogP) is 3.95. The molecule has 0 spiro atoms. The van der Waals surface area contributed by atoms with Gasteiger partial charge in [-0.25, -0.2) is 4.98 Å². The van der Waals surface area contributed by atoms with Crippen molar-refractivity contribution in [3.8, 4) is 11.9 Å². The number of ether oxygens (including phenoxy) is 1. The number of rotatable bonds is 3. The van der Waals surface area contributed by atoms with Gasteiger partial charge in [-0.15, -0.1) is 0 Å². The van der Waals surface area contributed by atoms with Crippen LogP contribution < -0.4 is 4.74 Å². The molecule has 90 valence electrons. The number of nitriles is 1. The average Bonchev–Trinajstić information content (AvgIpc) is 2.39. The zero-order valence-corrected chi connectivity index (χ0v) is 11.6. The third-order valence-corrected chi connectivity index (χ3v) is 3.16. The van der Waals surface area contributed by atoms with E-state index in [0.717, 1.165) is 10.0 Å². The first-order valence-corrected chi connectivity index (χ1v) is 6.29. The summed E-state index contributed by atoms with van der Waals surface area (Å²) in [4.78, 5) is 4.00. The molecular weight excluding hydrogens is 316 g/mol. The molecule has 1 aromatic heterocycles. The molecule has 0 bridgehead atoms. The quantitative estimate of drug-likeness (QED) is 0.859. The molecule has 0 atom stereocenters. The second-order valence-electron chi connectivity index (χ2n) is 3.50. The van der Waals surface area contributed by atoms with Crippen molar-refractivity contribution in [3.63, 3.8) is 0 Å². The van der Waals surface area contributed by atoms with E-state index in [1.807, 2.05) is 30.3 Å². The fourth-order valence-electron chi connectivity index (χ4n) is 1.34. The maximum absolute atomic E-state index is 8.84. The van der Waals surface area contributed by atoms with Gasteiger partial charge in [-0.05, 0) is 23.8 Å². The van der Waals surface area contributed by atoms with Gasteiger partial charge in [-0.3, -0.25) is 0 Å². The number of hydrogen-bond donors (Lipinski definition) is 0. The lowest BCUT2D eigenvalue weighted by Gasteiger charge is -2.07. The Labute approximate surface area is 118 Å². The fourth-order valence-corrected chi connectivity index (χ4v) is 1.82. The second-order valence-corrected chi connectivity index (χ2v) is 4.80. The molecule has 1 heterocycles. The van der Waals surface area contributed by atoms with Gasteiger partial charge in [0.25, 0.3) is 0 Å². The van der Waals surface area contributed by atoms with E-state index < -0.39 is 0 Å². The van der Waals surface area contributed by atoms with Crippen LogP contribution in [0, 0.1) is 11.3 Å². The lowest BCUT2D eigenvalue weighted by Crippen LogP contribution is -1.98. The maximum Gasteiger partial charge on any atom is 0.234 e. The minimum atomic E-state index is 0.247. The highest BCUT2D eigenvalue weighted by atomic mass is 79.9. The highest BCUT2D eigenvalue weighted by Gasteiger charge is 2.08. The second kappa shape index (κ2) is 5.85. The SMILES string of the molecule is N#Cc1ccnc(OCc2ccc(Br)cc2)c1Cl. The van der Waals surface area contributed by atoms with Crippen molar-refractivity contribution in [1.29, 1.82) is 5.26 Å². The summed E-state index contributed by atoms with van der Waals surface area (Å²) in [5, 5.41) is 9.08. The molecule has 0 saturated carbocycles. The molecule has 0 unspecified atom stereocenters. The van der Waals surface area contributed by atoms with E-state index in [1.165, 1.54) is 6.20 Å². The van der Waals surface area contributed by atoms with Gasteiger partial charge in [0.2, 0.25) is 5.88 Å². The summed E-state index contributed by atoms with van der Waals surface area (Å²) in [5.74, 6) is 0.277. The predicted molar refractivity (Wildman–Crippen MR) is 72.4 cm³/mol. The molecule has 0 N–H and O–H groups in total. The first-order chi connectivity index (χ1) is 8.70. The number of pyridine rings is 1. The third kappa shape index (κ3) is 3.00. The Morgan fingerprint density at radius 3 is 2.67 bits per heavy atom. The van der Waals surface area contributed by atoms with Crippen molar-refractivity contribution < 1.29 is 4.74 Å². The van der Waals surface area contributed by atoms with E-state index >= 15 is 0 Å². The zero-order valence-electron chi connectivity index (χ0n) is 9.23. The Morgan fingerprint density at radius 2 is 2.00 bits per heavy atom. The zero-order chi connectivity index (χ0) is 13.0. The van der Waals surface area contributed by atoms with Gasteiger partial charge in [0, 0.05) is 10.7 Å². The Bertz CT molecular complexity index is 593. The highest BCUT2D eigenvalue weighted by Crippen LogP contribution is 2.25. The molecule has 0 amide bonds. The van der Waals surface area contributed by atoms with Crippen LogP contribution in [0.2, 0.25) is 5.02 Å². The molecule has 0 aliphatic carbocycles. The number of benzene rings is 1. The van der Waals surface area contributed by atoms with Crippen LogP contribution in [-0.4, -0.2) is 4.98 Å². The minimum Gasteiger partial charge on any atom is -0.472 e. The summed E-state index contributed by atoms with van der Waals surface area (Å²) in [7, 11) is 0. The highest BCUT2D eigenvalue weighted by molar-refractivity contribution is 9.10. The molecule has 3 nitrogen and oxygen atoms in total. The Kier molecular flexibility index (Phi) is 4.19. The molecule has 0 saturated heterocycles. The van der Waals surface area contributed by atoms with Crippen LogP contribution in [-0.2, 0) is 6.61 Å². The molecule has 2 aromatic rings. The molecule has 0 fully saturated rings. The normalized spacial score (nSPS) is 9.83. The van der Waals surface area contributed by atoms with E-state index in [-0.39, 0.29) is 10.9 Å². The number of aromatic nitrogens is 1. The van der Waals surface area contributed by atoms with Gasteiger partial charge < -0.3 is 4.74 Å². The first kappa shape index (κ1) is 12.9. The topological polar surface area (TPSA) is 45.9 Å². The van der Waals surface area contributed by atoms with Crippen LogP contribution in [0.5, 0.6) is 5.88 Å². The van der Waals surface area contributed by atoms with Crippen LogP contribution >= 0.6 is 27.5 Å². The summed E-state index contributed by atoms with van der Waals surface area (Å²) in [6.07, 6.45) is 1.50. The molecule has 0 radical (unpaired) electrons. The fraction of sp³-hybridized carbons (Fsp3) is 0.0769. The van der Waals surface area contributed by atoms with Crippen molar-refractivity contribution in [2.45, 2.75) is 6.61 Å². The van der Waals surface area contributed by atoms with Crippen molar-refractivity contribution >= 4 is 27.5 Å². The molecule has 18 heavy (non-hydrogen) atoms. The number of hydrogen-bond acceptors (Lipinski definition) is 3. The number of halogens is 2. The van der Waals surface area contributed by atoms with Gasteiger partial charge in [0.05, 0.1) is 5.56 Å². The first-order valence-electron chi connectivity index (χ1n) is 5.12. The van der Waals surface area contributed by atoms with E-state index in [0.29, 0.717) is 12.2 Å².